The van der Waals surface area contributed by atoms with E-state index in [-0.39, 0.29) is 5.78 Å². The molecular weight excluding hydrogens is 280 g/mol. The average molecular weight is 296 g/mol. The summed E-state index contributed by atoms with van der Waals surface area (Å²) in [5, 5.41) is 0. The first-order valence-corrected chi connectivity index (χ1v) is 6.73. The Kier molecular flexibility index (Phi) is 5.09. The van der Waals surface area contributed by atoms with Crippen molar-refractivity contribution in [1.29, 1.82) is 0 Å². The topological polar surface area (TPSA) is 52.6 Å². The van der Waals surface area contributed by atoms with Crippen LogP contribution < -0.4 is 9.47 Å². The highest BCUT2D eigenvalue weighted by Gasteiger charge is 2.03. The monoisotopic (exact) mass is 296 g/mol. The minimum absolute atomic E-state index is 0.120. The molecule has 0 amide bonds. The van der Waals surface area contributed by atoms with E-state index in [2.05, 4.69) is 0 Å². The number of benzene rings is 2. The zero-order chi connectivity index (χ0) is 15.9. The number of ether oxygens (including phenoxy) is 2. The molecular formula is C18H16O4. The number of hydrogen-bond donors (Lipinski definition) is 0. The number of carbonyl (C=O) groups excluding carboxylic acids is 2. The van der Waals surface area contributed by atoms with E-state index in [1.807, 2.05) is 24.3 Å². The molecule has 0 atom stereocenters. The van der Waals surface area contributed by atoms with Crippen molar-refractivity contribution >= 4 is 17.8 Å². The van der Waals surface area contributed by atoms with Crippen LogP contribution in [0, 0.1) is 0 Å². The smallest absolute Gasteiger partial charge is 0.308 e. The number of carbonyl (C=O) groups is 2. The van der Waals surface area contributed by atoms with Gasteiger partial charge in [-0.25, -0.2) is 0 Å². The minimum Gasteiger partial charge on any atom is -0.497 e. The van der Waals surface area contributed by atoms with E-state index in [0.29, 0.717) is 11.3 Å². The maximum Gasteiger partial charge on any atom is 0.308 e. The first kappa shape index (κ1) is 15.5. The highest BCUT2D eigenvalue weighted by atomic mass is 16.5. The van der Waals surface area contributed by atoms with Gasteiger partial charge in [0.2, 0.25) is 0 Å². The van der Waals surface area contributed by atoms with Crippen LogP contribution in [0.1, 0.15) is 22.8 Å². The third-order valence-electron chi connectivity index (χ3n) is 2.94. The summed E-state index contributed by atoms with van der Waals surface area (Å²) in [6.45, 7) is 1.33. The molecule has 0 aliphatic carbocycles. The van der Waals surface area contributed by atoms with Gasteiger partial charge in [-0.05, 0) is 48.0 Å². The molecule has 2 aromatic rings. The van der Waals surface area contributed by atoms with Crippen molar-refractivity contribution < 1.29 is 19.1 Å². The van der Waals surface area contributed by atoms with Gasteiger partial charge >= 0.3 is 5.97 Å². The van der Waals surface area contributed by atoms with Gasteiger partial charge in [0, 0.05) is 12.5 Å². The van der Waals surface area contributed by atoms with Crippen molar-refractivity contribution in [2.24, 2.45) is 0 Å². The number of hydrogen-bond acceptors (Lipinski definition) is 4. The summed E-state index contributed by atoms with van der Waals surface area (Å²) >= 11 is 0. The molecule has 0 aliphatic heterocycles. The van der Waals surface area contributed by atoms with E-state index in [1.165, 1.54) is 13.0 Å². The maximum absolute atomic E-state index is 12.1. The van der Waals surface area contributed by atoms with Gasteiger partial charge < -0.3 is 9.47 Å². The zero-order valence-corrected chi connectivity index (χ0v) is 12.4. The minimum atomic E-state index is -0.390. The van der Waals surface area contributed by atoms with Crippen LogP contribution in [0.4, 0.5) is 0 Å². The van der Waals surface area contributed by atoms with E-state index in [9.17, 15) is 9.59 Å². The van der Waals surface area contributed by atoms with Gasteiger partial charge in [0.1, 0.15) is 11.5 Å². The van der Waals surface area contributed by atoms with Crippen molar-refractivity contribution in [2.45, 2.75) is 6.92 Å². The molecule has 2 aromatic carbocycles. The van der Waals surface area contributed by atoms with Gasteiger partial charge in [-0.1, -0.05) is 18.2 Å². The van der Waals surface area contributed by atoms with Crippen molar-refractivity contribution in [3.63, 3.8) is 0 Å². The Morgan fingerprint density at radius 2 is 1.50 bits per heavy atom. The van der Waals surface area contributed by atoms with E-state index < -0.39 is 5.97 Å². The molecule has 0 saturated heterocycles. The van der Waals surface area contributed by atoms with Crippen LogP contribution in [0.5, 0.6) is 11.5 Å². The van der Waals surface area contributed by atoms with Gasteiger partial charge in [-0.2, -0.15) is 0 Å². The molecule has 0 radical (unpaired) electrons. The summed E-state index contributed by atoms with van der Waals surface area (Å²) in [6, 6.07) is 13.8. The van der Waals surface area contributed by atoms with Crippen molar-refractivity contribution in [1.82, 2.24) is 0 Å². The number of allylic oxidation sites excluding steroid dienone is 1. The van der Waals surface area contributed by atoms with Crippen LogP contribution in [0.3, 0.4) is 0 Å². The van der Waals surface area contributed by atoms with Gasteiger partial charge in [-0.3, -0.25) is 9.59 Å². The fourth-order valence-electron chi connectivity index (χ4n) is 1.84. The fourth-order valence-corrected chi connectivity index (χ4v) is 1.84. The van der Waals surface area contributed by atoms with Crippen LogP contribution >= 0.6 is 0 Å². The predicted octanol–water partition coefficient (Wildman–Crippen LogP) is 3.52. The van der Waals surface area contributed by atoms with Gasteiger partial charge in [0.05, 0.1) is 7.11 Å². The van der Waals surface area contributed by atoms with E-state index in [4.69, 9.17) is 9.47 Å². The van der Waals surface area contributed by atoms with E-state index >= 15 is 0 Å². The second kappa shape index (κ2) is 7.22. The summed E-state index contributed by atoms with van der Waals surface area (Å²) in [7, 11) is 1.61. The lowest BCUT2D eigenvalue weighted by atomic mass is 10.1. The fraction of sp³-hybridized carbons (Fsp3) is 0.111. The van der Waals surface area contributed by atoms with Crippen molar-refractivity contribution in [2.75, 3.05) is 7.11 Å². The summed E-state index contributed by atoms with van der Waals surface area (Å²) in [6.07, 6.45) is 3.24. The molecule has 0 spiro atoms. The number of esters is 1. The van der Waals surface area contributed by atoms with Crippen LogP contribution in [-0.2, 0) is 4.79 Å². The van der Waals surface area contributed by atoms with Crippen LogP contribution in [0.15, 0.2) is 54.6 Å². The molecule has 0 unspecified atom stereocenters. The standard InChI is InChI=1S/C18H16O4/c1-13(19)22-17-10-6-15(7-11-17)18(20)12-5-14-3-8-16(21-2)9-4-14/h3-12H,1-2H3. The lowest BCUT2D eigenvalue weighted by Crippen LogP contribution is -2.01. The molecule has 4 heteroatoms. The Bertz CT molecular complexity index is 682. The third-order valence-corrected chi connectivity index (χ3v) is 2.94. The van der Waals surface area contributed by atoms with Crippen molar-refractivity contribution in [3.8, 4) is 11.5 Å². The Labute approximate surface area is 129 Å². The van der Waals surface area contributed by atoms with Gasteiger partial charge in [-0.15, -0.1) is 0 Å². The maximum atomic E-state index is 12.1. The van der Waals surface area contributed by atoms with Crippen LogP contribution in [0.2, 0.25) is 0 Å². The Morgan fingerprint density at radius 1 is 0.909 bits per heavy atom. The first-order chi connectivity index (χ1) is 10.6. The van der Waals surface area contributed by atoms with E-state index in [1.54, 1.807) is 37.5 Å². The summed E-state index contributed by atoms with van der Waals surface area (Å²) in [5.41, 5.74) is 1.44. The molecule has 0 N–H and O–H groups in total. The molecule has 112 valence electrons. The quantitative estimate of drug-likeness (QED) is 0.367. The predicted molar refractivity (Wildman–Crippen MR) is 84.1 cm³/mol. The SMILES string of the molecule is COc1ccc(C=CC(=O)c2ccc(OC(C)=O)cc2)cc1. The lowest BCUT2D eigenvalue weighted by Gasteiger charge is -2.02. The van der Waals surface area contributed by atoms with Gasteiger partial charge in [0.15, 0.2) is 5.78 Å². The molecule has 0 aliphatic rings. The van der Waals surface area contributed by atoms with Gasteiger partial charge in [0.25, 0.3) is 0 Å². The molecule has 22 heavy (non-hydrogen) atoms. The molecule has 0 fully saturated rings. The van der Waals surface area contributed by atoms with Crippen LogP contribution in [0.25, 0.3) is 6.08 Å². The third kappa shape index (κ3) is 4.31. The second-order valence-corrected chi connectivity index (χ2v) is 4.59. The largest absolute Gasteiger partial charge is 0.497 e. The highest BCUT2D eigenvalue weighted by Crippen LogP contribution is 2.15. The second-order valence-electron chi connectivity index (χ2n) is 4.59. The highest BCUT2D eigenvalue weighted by molar-refractivity contribution is 6.06. The lowest BCUT2D eigenvalue weighted by molar-refractivity contribution is -0.131. The van der Waals surface area contributed by atoms with Crippen LogP contribution in [-0.4, -0.2) is 18.9 Å². The molecule has 0 bridgehead atoms. The average Bonchev–Trinajstić information content (AvgIpc) is 2.53. The number of rotatable bonds is 5. The molecule has 0 aromatic heterocycles. The Morgan fingerprint density at radius 3 is 2.05 bits per heavy atom. The Hall–Kier alpha value is -2.88. The first-order valence-electron chi connectivity index (χ1n) is 6.73. The zero-order valence-electron chi connectivity index (χ0n) is 12.4. The molecule has 0 heterocycles. The number of ketones is 1. The summed E-state index contributed by atoms with van der Waals surface area (Å²) < 4.78 is 10.00. The summed E-state index contributed by atoms with van der Waals surface area (Å²) in [5.74, 6) is 0.677. The normalized spacial score (nSPS) is 10.5. The molecule has 0 saturated carbocycles. The summed E-state index contributed by atoms with van der Waals surface area (Å²) in [4.78, 5) is 22.9. The number of methoxy groups -OCH3 is 1. The molecule has 4 nitrogen and oxygen atoms in total. The Balaban J connectivity index is 2.04. The molecule has 2 rings (SSSR count). The van der Waals surface area contributed by atoms with E-state index in [0.717, 1.165) is 11.3 Å². The van der Waals surface area contributed by atoms with Crippen molar-refractivity contribution in [3.05, 3.63) is 65.7 Å².